The Kier molecular flexibility index (Phi) is 6.70. The SMILES string of the molecule is CCOc1cc(C(=O)OCC(=O)c2ccc(C)c(C)c2)c([N+](=O)[O-])cc1OC. The van der Waals surface area contributed by atoms with Crippen molar-refractivity contribution in [3.63, 3.8) is 0 Å². The zero-order chi connectivity index (χ0) is 20.8. The number of aryl methyl sites for hydroxylation is 2. The Bertz CT molecular complexity index is 921. The first-order chi connectivity index (χ1) is 13.3. The smallest absolute Gasteiger partial charge is 0.345 e. The van der Waals surface area contributed by atoms with Gasteiger partial charge in [0.15, 0.2) is 23.9 Å². The summed E-state index contributed by atoms with van der Waals surface area (Å²) in [5.74, 6) is -1.11. The molecule has 8 heteroatoms. The molecule has 0 amide bonds. The minimum atomic E-state index is -0.993. The minimum Gasteiger partial charge on any atom is -0.493 e. The van der Waals surface area contributed by atoms with Crippen LogP contribution in [0, 0.1) is 24.0 Å². The predicted molar refractivity (Wildman–Crippen MR) is 101 cm³/mol. The minimum absolute atomic E-state index is 0.122. The molecule has 0 bridgehead atoms. The van der Waals surface area contributed by atoms with Crippen LogP contribution in [0.4, 0.5) is 5.69 Å². The van der Waals surface area contributed by atoms with E-state index in [1.165, 1.54) is 13.2 Å². The molecule has 0 saturated carbocycles. The summed E-state index contributed by atoms with van der Waals surface area (Å²) in [6, 6.07) is 7.42. The molecule has 2 aromatic rings. The lowest BCUT2D eigenvalue weighted by Crippen LogP contribution is -2.16. The molecule has 0 aromatic heterocycles. The fourth-order valence-corrected chi connectivity index (χ4v) is 2.50. The fourth-order valence-electron chi connectivity index (χ4n) is 2.50. The summed E-state index contributed by atoms with van der Waals surface area (Å²) in [6.45, 7) is 5.25. The number of esters is 1. The summed E-state index contributed by atoms with van der Waals surface area (Å²) < 4.78 is 15.4. The summed E-state index contributed by atoms with van der Waals surface area (Å²) >= 11 is 0. The van der Waals surface area contributed by atoms with E-state index in [2.05, 4.69) is 0 Å². The Morgan fingerprint density at radius 2 is 1.79 bits per heavy atom. The normalized spacial score (nSPS) is 10.3. The van der Waals surface area contributed by atoms with Gasteiger partial charge in [0.2, 0.25) is 0 Å². The monoisotopic (exact) mass is 387 g/mol. The van der Waals surface area contributed by atoms with Crippen molar-refractivity contribution in [1.29, 1.82) is 0 Å². The quantitative estimate of drug-likeness (QED) is 0.294. The Morgan fingerprint density at radius 3 is 2.36 bits per heavy atom. The molecule has 0 spiro atoms. The van der Waals surface area contributed by atoms with Crippen molar-refractivity contribution in [3.05, 3.63) is 62.7 Å². The van der Waals surface area contributed by atoms with Gasteiger partial charge in [0.1, 0.15) is 5.56 Å². The number of ketones is 1. The van der Waals surface area contributed by atoms with Crippen LogP contribution in [-0.2, 0) is 4.74 Å². The first-order valence-corrected chi connectivity index (χ1v) is 8.55. The highest BCUT2D eigenvalue weighted by atomic mass is 16.6. The number of ether oxygens (including phenoxy) is 3. The Morgan fingerprint density at radius 1 is 1.07 bits per heavy atom. The van der Waals surface area contributed by atoms with Crippen LogP contribution >= 0.6 is 0 Å². The molecule has 0 unspecified atom stereocenters. The molecule has 0 aliphatic carbocycles. The van der Waals surface area contributed by atoms with Gasteiger partial charge in [-0.2, -0.15) is 0 Å². The number of nitro benzene ring substituents is 1. The summed E-state index contributed by atoms with van der Waals surface area (Å²) in [5, 5.41) is 11.3. The maximum absolute atomic E-state index is 12.4. The highest BCUT2D eigenvalue weighted by molar-refractivity contribution is 6.00. The number of nitrogens with zero attached hydrogens (tertiary/aromatic N) is 1. The third-order valence-electron chi connectivity index (χ3n) is 4.16. The molecular formula is C20H21NO7. The molecule has 0 N–H and O–H groups in total. The van der Waals surface area contributed by atoms with Crippen LogP contribution in [0.2, 0.25) is 0 Å². The van der Waals surface area contributed by atoms with E-state index in [0.29, 0.717) is 5.56 Å². The molecule has 2 aromatic carbocycles. The molecule has 0 radical (unpaired) electrons. The van der Waals surface area contributed by atoms with E-state index in [1.807, 2.05) is 13.8 Å². The number of nitro groups is 1. The zero-order valence-electron chi connectivity index (χ0n) is 16.1. The van der Waals surface area contributed by atoms with Gasteiger partial charge in [-0.05, 0) is 38.0 Å². The second-order valence-electron chi connectivity index (χ2n) is 6.01. The average Bonchev–Trinajstić information content (AvgIpc) is 2.67. The highest BCUT2D eigenvalue weighted by Crippen LogP contribution is 2.35. The molecule has 0 atom stereocenters. The van der Waals surface area contributed by atoms with Crippen molar-refractivity contribution in [1.82, 2.24) is 0 Å². The second kappa shape index (κ2) is 8.98. The van der Waals surface area contributed by atoms with Crippen LogP contribution in [0.5, 0.6) is 11.5 Å². The van der Waals surface area contributed by atoms with Gasteiger partial charge in [-0.3, -0.25) is 14.9 Å². The number of carbonyl (C=O) groups is 2. The largest absolute Gasteiger partial charge is 0.493 e. The van der Waals surface area contributed by atoms with E-state index in [9.17, 15) is 19.7 Å². The Hall–Kier alpha value is -3.42. The first-order valence-electron chi connectivity index (χ1n) is 8.55. The van der Waals surface area contributed by atoms with Crippen LogP contribution in [0.3, 0.4) is 0 Å². The molecule has 148 valence electrons. The summed E-state index contributed by atoms with van der Waals surface area (Å²) in [6.07, 6.45) is 0. The van der Waals surface area contributed by atoms with E-state index >= 15 is 0 Å². The molecule has 0 aliphatic heterocycles. The van der Waals surface area contributed by atoms with Crippen molar-refractivity contribution >= 4 is 17.4 Å². The summed E-state index contributed by atoms with van der Waals surface area (Å²) in [5.41, 5.74) is 1.55. The van der Waals surface area contributed by atoms with Gasteiger partial charge in [0.05, 0.1) is 24.7 Å². The van der Waals surface area contributed by atoms with Crippen LogP contribution in [0.15, 0.2) is 30.3 Å². The molecule has 28 heavy (non-hydrogen) atoms. The molecule has 0 fully saturated rings. The van der Waals surface area contributed by atoms with Gasteiger partial charge in [0.25, 0.3) is 5.69 Å². The number of Topliss-reactive ketones (excluding diaryl/α,β-unsaturated/α-hetero) is 1. The molecule has 8 nitrogen and oxygen atoms in total. The summed E-state index contributed by atoms with van der Waals surface area (Å²) in [4.78, 5) is 35.3. The maximum Gasteiger partial charge on any atom is 0.345 e. The van der Waals surface area contributed by atoms with Gasteiger partial charge in [-0.15, -0.1) is 0 Å². The standard InChI is InChI=1S/C20H21NO7/c1-5-27-19-9-15(16(21(24)25)10-18(19)26-4)20(23)28-11-17(22)14-7-6-12(2)13(3)8-14/h6-10H,5,11H2,1-4H3. The number of hydrogen-bond donors (Lipinski definition) is 0. The van der Waals surface area contributed by atoms with Crippen molar-refractivity contribution < 1.29 is 28.7 Å². The predicted octanol–water partition coefficient (Wildman–Crippen LogP) is 3.66. The number of benzene rings is 2. The third-order valence-corrected chi connectivity index (χ3v) is 4.16. The van der Waals surface area contributed by atoms with Crippen LogP contribution in [-0.4, -0.2) is 37.0 Å². The second-order valence-corrected chi connectivity index (χ2v) is 6.01. The molecule has 0 heterocycles. The first kappa shape index (κ1) is 20.9. The number of carbonyl (C=O) groups excluding carboxylic acids is 2. The zero-order valence-corrected chi connectivity index (χ0v) is 16.1. The Labute approximate surface area is 162 Å². The molecule has 0 aliphatic rings. The van der Waals surface area contributed by atoms with Crippen molar-refractivity contribution in [2.45, 2.75) is 20.8 Å². The van der Waals surface area contributed by atoms with Crippen LogP contribution in [0.25, 0.3) is 0 Å². The van der Waals surface area contributed by atoms with Gasteiger partial charge in [-0.1, -0.05) is 12.1 Å². The van der Waals surface area contributed by atoms with Crippen molar-refractivity contribution in [2.24, 2.45) is 0 Å². The van der Waals surface area contributed by atoms with Gasteiger partial charge >= 0.3 is 5.97 Å². The van der Waals surface area contributed by atoms with Gasteiger partial charge in [0, 0.05) is 11.6 Å². The van der Waals surface area contributed by atoms with Crippen molar-refractivity contribution in [3.8, 4) is 11.5 Å². The molecule has 0 saturated heterocycles. The average molecular weight is 387 g/mol. The van der Waals surface area contributed by atoms with E-state index in [4.69, 9.17) is 14.2 Å². The number of methoxy groups -OCH3 is 1. The number of hydrogen-bond acceptors (Lipinski definition) is 7. The summed E-state index contributed by atoms with van der Waals surface area (Å²) in [7, 11) is 1.34. The molecular weight excluding hydrogens is 366 g/mol. The lowest BCUT2D eigenvalue weighted by Gasteiger charge is -2.11. The Balaban J connectivity index is 2.24. The molecule has 2 rings (SSSR count). The van der Waals surface area contributed by atoms with Gasteiger partial charge in [-0.25, -0.2) is 4.79 Å². The number of rotatable bonds is 8. The van der Waals surface area contributed by atoms with E-state index < -0.39 is 29.0 Å². The lowest BCUT2D eigenvalue weighted by atomic mass is 10.0. The topological polar surface area (TPSA) is 105 Å². The van der Waals surface area contributed by atoms with Crippen LogP contribution < -0.4 is 9.47 Å². The van der Waals surface area contributed by atoms with E-state index in [0.717, 1.165) is 17.2 Å². The highest BCUT2D eigenvalue weighted by Gasteiger charge is 2.26. The van der Waals surface area contributed by atoms with E-state index in [1.54, 1.807) is 25.1 Å². The lowest BCUT2D eigenvalue weighted by molar-refractivity contribution is -0.385. The fraction of sp³-hybridized carbons (Fsp3) is 0.300. The van der Waals surface area contributed by atoms with Gasteiger partial charge < -0.3 is 14.2 Å². The van der Waals surface area contributed by atoms with Crippen molar-refractivity contribution in [2.75, 3.05) is 20.3 Å². The van der Waals surface area contributed by atoms with Crippen LogP contribution in [0.1, 0.15) is 38.8 Å². The maximum atomic E-state index is 12.4. The van der Waals surface area contributed by atoms with E-state index in [-0.39, 0.29) is 23.7 Å². The third kappa shape index (κ3) is 4.64.